The van der Waals surface area contributed by atoms with Gasteiger partial charge in [-0.05, 0) is 0 Å². The maximum atomic E-state index is 4.78. The van der Waals surface area contributed by atoms with Gasteiger partial charge in [-0.25, -0.2) is 0 Å². The van der Waals surface area contributed by atoms with Gasteiger partial charge in [0.05, 0.1) is 0 Å². The Morgan fingerprint density at radius 3 is 1.25 bits per heavy atom. The molecule has 26 valence electrons. The minimum Gasteiger partial charge on any atom is -0.181 e. The highest BCUT2D eigenvalue weighted by Gasteiger charge is 0.975. The van der Waals surface area contributed by atoms with Crippen molar-refractivity contribution in [2.75, 3.05) is 0 Å². The summed E-state index contributed by atoms with van der Waals surface area (Å²) >= 11 is 4.78. The van der Waals surface area contributed by atoms with E-state index in [-0.39, 0.29) is 0 Å². The van der Waals surface area contributed by atoms with Gasteiger partial charge in [0, 0.05) is 0 Å². The van der Waals surface area contributed by atoms with E-state index >= 15 is 0 Å². The first-order chi connectivity index (χ1) is 2.00. The Morgan fingerprint density at radius 2 is 1.25 bits per heavy atom. The number of rotatable bonds is 0. The summed E-state index contributed by atoms with van der Waals surface area (Å²) in [4.78, 5) is 0. The van der Waals surface area contributed by atoms with Gasteiger partial charge in [-0.3, -0.25) is 0 Å². The third kappa shape index (κ3) is 57.3. The van der Waals surface area contributed by atoms with Crippen molar-refractivity contribution in [3.8, 4) is 0 Å². The summed E-state index contributed by atoms with van der Waals surface area (Å²) in [6, 6.07) is 0. The van der Waals surface area contributed by atoms with Crippen molar-refractivity contribution in [2.24, 2.45) is 0 Å². The predicted molar refractivity (Wildman–Crippen MR) is 27.0 cm³/mol. The van der Waals surface area contributed by atoms with Gasteiger partial charge in [0.1, 0.15) is 9.55 Å². The SMILES string of the molecule is C=C.[SiH3]Cl. The van der Waals surface area contributed by atoms with Crippen LogP contribution in [0.15, 0.2) is 13.2 Å². The Bertz CT molecular complexity index is 6.00. The third-order valence-corrected chi connectivity index (χ3v) is 0. The molecule has 0 aromatic heterocycles. The van der Waals surface area contributed by atoms with E-state index < -0.39 is 0 Å². The van der Waals surface area contributed by atoms with Crippen LogP contribution in [0.2, 0.25) is 0 Å². The van der Waals surface area contributed by atoms with Gasteiger partial charge in [0.2, 0.25) is 0 Å². The van der Waals surface area contributed by atoms with Gasteiger partial charge in [0.15, 0.2) is 0 Å². The van der Waals surface area contributed by atoms with Gasteiger partial charge >= 0.3 is 0 Å². The minimum absolute atomic E-state index is 0.778. The highest BCUT2D eigenvalue weighted by atomic mass is 35.6. The molecule has 0 nitrogen and oxygen atoms in total. The fourth-order valence-corrected chi connectivity index (χ4v) is 0. The Balaban J connectivity index is 0. The van der Waals surface area contributed by atoms with Gasteiger partial charge in [-0.1, -0.05) is 0 Å². The Labute approximate surface area is 34.6 Å². The topological polar surface area (TPSA) is 0 Å². The molecule has 0 aromatic carbocycles. The predicted octanol–water partition coefficient (Wildman–Crippen LogP) is 0.308. The van der Waals surface area contributed by atoms with Crippen molar-refractivity contribution in [2.45, 2.75) is 0 Å². The second-order valence-electron chi connectivity index (χ2n) is 0. The van der Waals surface area contributed by atoms with Gasteiger partial charge in [-0.2, -0.15) is 11.1 Å². The van der Waals surface area contributed by atoms with Crippen molar-refractivity contribution in [3.05, 3.63) is 13.2 Å². The van der Waals surface area contributed by atoms with Crippen LogP contribution in [0, 0.1) is 0 Å². The van der Waals surface area contributed by atoms with Crippen LogP contribution in [0.1, 0.15) is 0 Å². The molecule has 0 unspecified atom stereocenters. The van der Waals surface area contributed by atoms with Crippen molar-refractivity contribution in [1.82, 2.24) is 0 Å². The van der Waals surface area contributed by atoms with Gasteiger partial charge in [-0.15, -0.1) is 13.2 Å². The van der Waals surface area contributed by atoms with Crippen molar-refractivity contribution >= 4 is 20.6 Å². The normalized spacial score (nSPS) is 3.25. The Morgan fingerprint density at radius 1 is 1.25 bits per heavy atom. The summed E-state index contributed by atoms with van der Waals surface area (Å²) in [5.41, 5.74) is 0. The van der Waals surface area contributed by atoms with E-state index in [4.69, 9.17) is 11.1 Å². The smallest absolute Gasteiger partial charge is 0.109 e. The van der Waals surface area contributed by atoms with Crippen molar-refractivity contribution in [3.63, 3.8) is 0 Å². The fourth-order valence-electron chi connectivity index (χ4n) is 0. The third-order valence-electron chi connectivity index (χ3n) is 0. The molecule has 2 heteroatoms. The lowest BCUT2D eigenvalue weighted by Crippen LogP contribution is -0.980. The van der Waals surface area contributed by atoms with Crippen LogP contribution in [-0.2, 0) is 0 Å². The van der Waals surface area contributed by atoms with Crippen LogP contribution in [0.5, 0.6) is 0 Å². The molecule has 0 saturated carbocycles. The van der Waals surface area contributed by atoms with Crippen molar-refractivity contribution < 1.29 is 0 Å². The molecule has 0 aliphatic rings. The second-order valence-corrected chi connectivity index (χ2v) is 0. The molecule has 4 heavy (non-hydrogen) atoms. The van der Waals surface area contributed by atoms with E-state index in [9.17, 15) is 0 Å². The first-order valence-corrected chi connectivity index (χ1v) is 3.90. The quantitative estimate of drug-likeness (QED) is 0.230. The lowest BCUT2D eigenvalue weighted by Gasteiger charge is -1.05. The first-order valence-electron chi connectivity index (χ1n) is 0.878. The molecule has 0 saturated heterocycles. The molecular formula is C2H7ClSi. The standard InChI is InChI=1S/C2H4.ClH3Si/c2*1-2/h1-2H2;2H3. The van der Waals surface area contributed by atoms with E-state index in [0.29, 0.717) is 0 Å². The molecule has 0 rings (SSSR count). The maximum absolute atomic E-state index is 4.78. The van der Waals surface area contributed by atoms with Gasteiger partial charge < -0.3 is 0 Å². The van der Waals surface area contributed by atoms with Crippen LogP contribution in [0.4, 0.5) is 0 Å². The molecule has 0 aliphatic heterocycles. The molecular weight excluding hydrogens is 87.6 g/mol. The summed E-state index contributed by atoms with van der Waals surface area (Å²) in [5.74, 6) is 0. The molecule has 0 spiro atoms. The lowest BCUT2D eigenvalue weighted by molar-refractivity contribution is 2.81. The van der Waals surface area contributed by atoms with Crippen LogP contribution in [0.3, 0.4) is 0 Å². The molecule has 0 amide bonds. The number of halogens is 1. The number of hydrogen-bond acceptors (Lipinski definition) is 0. The van der Waals surface area contributed by atoms with E-state index in [1.165, 1.54) is 0 Å². The fraction of sp³-hybridized carbons (Fsp3) is 0. The Hall–Kier alpha value is 0.247. The molecule has 0 bridgehead atoms. The van der Waals surface area contributed by atoms with E-state index in [1.54, 1.807) is 0 Å². The molecule has 0 radical (unpaired) electrons. The summed E-state index contributed by atoms with van der Waals surface area (Å²) in [6.45, 7) is 6.00. The van der Waals surface area contributed by atoms with Crippen molar-refractivity contribution in [1.29, 1.82) is 0 Å². The van der Waals surface area contributed by atoms with Crippen LogP contribution in [0.25, 0.3) is 0 Å². The number of hydrogen-bond donors (Lipinski definition) is 0. The zero-order valence-corrected chi connectivity index (χ0v) is 5.55. The maximum Gasteiger partial charge on any atom is 0.109 e. The average molecular weight is 94.6 g/mol. The molecule has 0 N–H and O–H groups in total. The highest BCUT2D eigenvalue weighted by molar-refractivity contribution is 6.80. The Kier molecular flexibility index (Phi) is 596. The largest absolute Gasteiger partial charge is 0.181 e. The summed E-state index contributed by atoms with van der Waals surface area (Å²) in [5, 5.41) is 0. The summed E-state index contributed by atoms with van der Waals surface area (Å²) < 4.78 is 0. The molecule has 0 aromatic rings. The first kappa shape index (κ1) is 8.87. The molecule has 0 atom stereocenters. The van der Waals surface area contributed by atoms with E-state index in [1.807, 2.05) is 0 Å². The molecule has 0 heterocycles. The van der Waals surface area contributed by atoms with Crippen LogP contribution in [-0.4, -0.2) is 9.55 Å². The molecule has 0 aliphatic carbocycles. The second kappa shape index (κ2) is 269. The minimum atomic E-state index is 0.778. The average Bonchev–Trinajstić information content (AvgIpc) is 1.50. The van der Waals surface area contributed by atoms with E-state index in [2.05, 4.69) is 13.2 Å². The molecule has 0 fully saturated rings. The van der Waals surface area contributed by atoms with E-state index in [0.717, 1.165) is 9.55 Å². The lowest BCUT2D eigenvalue weighted by atomic mass is 11.3. The summed E-state index contributed by atoms with van der Waals surface area (Å²) in [6.07, 6.45) is 0. The van der Waals surface area contributed by atoms with Gasteiger partial charge in [0.25, 0.3) is 0 Å². The monoisotopic (exact) mass is 94.0 g/mol. The van der Waals surface area contributed by atoms with Crippen LogP contribution >= 0.6 is 11.1 Å². The van der Waals surface area contributed by atoms with Crippen LogP contribution < -0.4 is 0 Å². The summed E-state index contributed by atoms with van der Waals surface area (Å²) in [7, 11) is 0.778. The zero-order valence-electron chi connectivity index (χ0n) is 2.79. The highest BCUT2D eigenvalue weighted by Crippen LogP contribution is 1.29. The zero-order chi connectivity index (χ0) is 4.00.